The van der Waals surface area contributed by atoms with Crippen molar-refractivity contribution in [3.63, 3.8) is 0 Å². The lowest BCUT2D eigenvalue weighted by atomic mass is 10.1. The van der Waals surface area contributed by atoms with E-state index in [4.69, 9.17) is 0 Å². The molecular formula is C14H20BrNOS. The van der Waals surface area contributed by atoms with E-state index in [2.05, 4.69) is 41.1 Å². The quantitative estimate of drug-likeness (QED) is 0.728. The predicted octanol–water partition coefficient (Wildman–Crippen LogP) is 4.23. The molecule has 0 aliphatic rings. The van der Waals surface area contributed by atoms with Gasteiger partial charge >= 0.3 is 0 Å². The van der Waals surface area contributed by atoms with Gasteiger partial charge in [0.15, 0.2) is 5.78 Å². The first-order chi connectivity index (χ1) is 8.47. The Bertz CT molecular complexity index is 422. The zero-order valence-electron chi connectivity index (χ0n) is 11.4. The molecule has 0 radical (unpaired) electrons. The van der Waals surface area contributed by atoms with Crippen molar-refractivity contribution in [3.05, 3.63) is 28.2 Å². The minimum atomic E-state index is 0.0975. The van der Waals surface area contributed by atoms with Gasteiger partial charge in [-0.05, 0) is 66.4 Å². The number of rotatable bonds is 6. The Morgan fingerprint density at radius 2 is 2.17 bits per heavy atom. The van der Waals surface area contributed by atoms with Crippen LogP contribution < -0.4 is 4.90 Å². The third kappa shape index (κ3) is 4.02. The molecule has 1 unspecified atom stereocenters. The van der Waals surface area contributed by atoms with Crippen LogP contribution in [-0.4, -0.2) is 30.9 Å². The highest BCUT2D eigenvalue weighted by Crippen LogP contribution is 2.28. The fraction of sp³-hybridized carbons (Fsp3) is 0.500. The van der Waals surface area contributed by atoms with Crippen LogP contribution in [0, 0.1) is 0 Å². The molecule has 2 nitrogen and oxygen atoms in total. The molecule has 1 rings (SSSR count). The smallest absolute Gasteiger partial charge is 0.159 e. The number of benzene rings is 1. The van der Waals surface area contributed by atoms with Crippen molar-refractivity contribution >= 4 is 39.2 Å². The monoisotopic (exact) mass is 329 g/mol. The Hall–Kier alpha value is -0.480. The molecule has 0 aliphatic carbocycles. The van der Waals surface area contributed by atoms with Gasteiger partial charge in [0.05, 0.1) is 5.69 Å². The Balaban J connectivity index is 2.86. The molecule has 0 saturated heterocycles. The summed E-state index contributed by atoms with van der Waals surface area (Å²) in [5.41, 5.74) is 1.88. The van der Waals surface area contributed by atoms with Gasteiger partial charge < -0.3 is 4.90 Å². The summed E-state index contributed by atoms with van der Waals surface area (Å²) in [5, 5.41) is 0. The van der Waals surface area contributed by atoms with E-state index >= 15 is 0 Å². The first-order valence-corrected chi connectivity index (χ1v) is 8.18. The first kappa shape index (κ1) is 15.6. The summed E-state index contributed by atoms with van der Waals surface area (Å²) in [6, 6.07) is 6.28. The van der Waals surface area contributed by atoms with Crippen LogP contribution in [-0.2, 0) is 0 Å². The number of thioether (sulfide) groups is 1. The van der Waals surface area contributed by atoms with Crippen molar-refractivity contribution in [1.29, 1.82) is 0 Å². The van der Waals surface area contributed by atoms with E-state index in [1.54, 1.807) is 6.92 Å². The van der Waals surface area contributed by atoms with Crippen LogP contribution in [0.3, 0.4) is 0 Å². The van der Waals surface area contributed by atoms with Gasteiger partial charge in [0.25, 0.3) is 0 Å². The molecule has 0 aliphatic heterocycles. The average molecular weight is 330 g/mol. The fourth-order valence-electron chi connectivity index (χ4n) is 1.73. The molecule has 1 atom stereocenters. The normalized spacial score (nSPS) is 12.3. The van der Waals surface area contributed by atoms with Crippen LogP contribution in [0.15, 0.2) is 22.7 Å². The van der Waals surface area contributed by atoms with Crippen LogP contribution in [0.2, 0.25) is 0 Å². The topological polar surface area (TPSA) is 20.3 Å². The van der Waals surface area contributed by atoms with Crippen LogP contribution in [0.4, 0.5) is 5.69 Å². The lowest BCUT2D eigenvalue weighted by Crippen LogP contribution is -2.29. The van der Waals surface area contributed by atoms with Crippen molar-refractivity contribution in [3.8, 4) is 0 Å². The second-order valence-electron chi connectivity index (χ2n) is 4.46. The van der Waals surface area contributed by atoms with E-state index in [0.717, 1.165) is 27.9 Å². The highest BCUT2D eigenvalue weighted by Gasteiger charge is 2.13. The van der Waals surface area contributed by atoms with Gasteiger partial charge in [0.2, 0.25) is 0 Å². The van der Waals surface area contributed by atoms with Crippen molar-refractivity contribution in [2.24, 2.45) is 0 Å². The highest BCUT2D eigenvalue weighted by molar-refractivity contribution is 9.10. The minimum Gasteiger partial charge on any atom is -0.371 e. The number of carbonyl (C=O) groups is 1. The molecule has 1 aromatic rings. The van der Waals surface area contributed by atoms with E-state index in [9.17, 15) is 4.79 Å². The molecule has 0 fully saturated rings. The SMILES string of the molecule is CSCCC(C)N(C)c1ccc(C(C)=O)cc1Br. The Morgan fingerprint density at radius 1 is 1.50 bits per heavy atom. The molecule has 0 aromatic heterocycles. The molecule has 1 aromatic carbocycles. The number of halogens is 1. The number of ketones is 1. The standard InChI is InChI=1S/C14H20BrNOS/c1-10(7-8-18-4)16(3)14-6-5-12(11(2)17)9-13(14)15/h5-6,9-10H,7-8H2,1-4H3. The van der Waals surface area contributed by atoms with E-state index < -0.39 is 0 Å². The van der Waals surface area contributed by atoms with Crippen LogP contribution in [0.25, 0.3) is 0 Å². The summed E-state index contributed by atoms with van der Waals surface area (Å²) >= 11 is 5.42. The summed E-state index contributed by atoms with van der Waals surface area (Å²) in [7, 11) is 2.10. The number of nitrogens with zero attached hydrogens (tertiary/aromatic N) is 1. The Labute approximate surface area is 122 Å². The van der Waals surface area contributed by atoms with E-state index in [1.807, 2.05) is 30.0 Å². The minimum absolute atomic E-state index is 0.0975. The fourth-order valence-corrected chi connectivity index (χ4v) is 2.97. The lowest BCUT2D eigenvalue weighted by molar-refractivity contribution is 0.101. The first-order valence-electron chi connectivity index (χ1n) is 5.99. The van der Waals surface area contributed by atoms with Gasteiger partial charge in [-0.1, -0.05) is 0 Å². The molecule has 0 heterocycles. The summed E-state index contributed by atoms with van der Waals surface area (Å²) in [4.78, 5) is 13.6. The number of hydrogen-bond donors (Lipinski definition) is 0. The molecule has 0 bridgehead atoms. The number of hydrogen-bond acceptors (Lipinski definition) is 3. The zero-order chi connectivity index (χ0) is 13.7. The average Bonchev–Trinajstić information content (AvgIpc) is 2.34. The van der Waals surface area contributed by atoms with Crippen molar-refractivity contribution in [1.82, 2.24) is 0 Å². The molecule has 4 heteroatoms. The summed E-state index contributed by atoms with van der Waals surface area (Å²) in [6.45, 7) is 3.81. The lowest BCUT2D eigenvalue weighted by Gasteiger charge is -2.28. The largest absolute Gasteiger partial charge is 0.371 e. The maximum absolute atomic E-state index is 11.3. The third-order valence-electron chi connectivity index (χ3n) is 3.14. The van der Waals surface area contributed by atoms with Gasteiger partial charge in [-0.25, -0.2) is 0 Å². The van der Waals surface area contributed by atoms with E-state index in [1.165, 1.54) is 0 Å². The summed E-state index contributed by atoms with van der Waals surface area (Å²) < 4.78 is 0.980. The van der Waals surface area contributed by atoms with Crippen molar-refractivity contribution in [2.75, 3.05) is 24.0 Å². The van der Waals surface area contributed by atoms with Crippen molar-refractivity contribution in [2.45, 2.75) is 26.3 Å². The van der Waals surface area contributed by atoms with Crippen LogP contribution in [0.1, 0.15) is 30.6 Å². The van der Waals surface area contributed by atoms with Gasteiger partial charge in [0.1, 0.15) is 0 Å². The van der Waals surface area contributed by atoms with E-state index in [0.29, 0.717) is 6.04 Å². The molecule has 0 amide bonds. The summed E-state index contributed by atoms with van der Waals surface area (Å²) in [6.07, 6.45) is 3.28. The number of anilines is 1. The van der Waals surface area contributed by atoms with Gasteiger partial charge in [-0.3, -0.25) is 4.79 Å². The molecule has 0 spiro atoms. The second kappa shape index (κ2) is 7.19. The zero-order valence-corrected chi connectivity index (χ0v) is 13.8. The Morgan fingerprint density at radius 3 is 2.67 bits per heavy atom. The summed E-state index contributed by atoms with van der Waals surface area (Å²) in [5.74, 6) is 1.26. The molecular weight excluding hydrogens is 310 g/mol. The molecule has 18 heavy (non-hydrogen) atoms. The van der Waals surface area contributed by atoms with E-state index in [-0.39, 0.29) is 5.78 Å². The van der Waals surface area contributed by atoms with Gasteiger partial charge in [0, 0.05) is 23.1 Å². The van der Waals surface area contributed by atoms with Crippen LogP contribution >= 0.6 is 27.7 Å². The third-order valence-corrected chi connectivity index (χ3v) is 4.41. The molecule has 100 valence electrons. The Kier molecular flexibility index (Phi) is 6.22. The second-order valence-corrected chi connectivity index (χ2v) is 6.30. The number of carbonyl (C=O) groups excluding carboxylic acids is 1. The maximum atomic E-state index is 11.3. The predicted molar refractivity (Wildman–Crippen MR) is 85.0 cm³/mol. The highest BCUT2D eigenvalue weighted by atomic mass is 79.9. The molecule has 0 saturated carbocycles. The van der Waals surface area contributed by atoms with Crippen molar-refractivity contribution < 1.29 is 4.79 Å². The van der Waals surface area contributed by atoms with Gasteiger partial charge in [-0.2, -0.15) is 11.8 Å². The molecule has 0 N–H and O–H groups in total. The van der Waals surface area contributed by atoms with Gasteiger partial charge in [-0.15, -0.1) is 0 Å². The maximum Gasteiger partial charge on any atom is 0.159 e. The number of Topliss-reactive ketones (excluding diaryl/α,β-unsaturated/α-hetero) is 1. The van der Waals surface area contributed by atoms with Crippen LogP contribution in [0.5, 0.6) is 0 Å².